The molecule has 4 heteroatoms. The van der Waals surface area contributed by atoms with Crippen LogP contribution < -0.4 is 5.32 Å². The van der Waals surface area contributed by atoms with E-state index in [9.17, 15) is 14.7 Å². The minimum Gasteiger partial charge on any atom is -0.478 e. The molecular weight excluding hydrogens is 314 g/mol. The lowest BCUT2D eigenvalue weighted by Gasteiger charge is -2.24. The van der Waals surface area contributed by atoms with Crippen LogP contribution in [0.2, 0.25) is 0 Å². The number of nitrogens with one attached hydrogen (secondary N) is 1. The van der Waals surface area contributed by atoms with Crippen LogP contribution in [-0.4, -0.2) is 23.5 Å². The van der Waals surface area contributed by atoms with Crippen LogP contribution in [0, 0.1) is 5.41 Å². The molecule has 2 aromatic carbocycles. The van der Waals surface area contributed by atoms with Gasteiger partial charge in [-0.3, -0.25) is 4.79 Å². The molecular formula is C21H23NO3. The number of hydrogen-bond donors (Lipinski definition) is 2. The van der Waals surface area contributed by atoms with Crippen LogP contribution in [0.3, 0.4) is 0 Å². The number of benzene rings is 2. The second-order valence-corrected chi connectivity index (χ2v) is 7.17. The van der Waals surface area contributed by atoms with Crippen LogP contribution in [0.1, 0.15) is 40.4 Å². The normalized spacial score (nSPS) is 14.8. The Balaban J connectivity index is 1.52. The number of rotatable bonds is 6. The molecule has 0 bridgehead atoms. The number of hydrogen-bond acceptors (Lipinski definition) is 2. The van der Waals surface area contributed by atoms with E-state index >= 15 is 0 Å². The second kappa shape index (κ2) is 7.09. The maximum absolute atomic E-state index is 12.2. The van der Waals surface area contributed by atoms with Crippen molar-refractivity contribution >= 4 is 11.9 Å². The monoisotopic (exact) mass is 337 g/mol. The lowest BCUT2D eigenvalue weighted by atomic mass is 9.87. The van der Waals surface area contributed by atoms with Crippen LogP contribution in [0.15, 0.2) is 48.5 Å². The van der Waals surface area contributed by atoms with Crippen molar-refractivity contribution in [2.75, 3.05) is 6.54 Å². The molecule has 0 aliphatic heterocycles. The highest BCUT2D eigenvalue weighted by Gasteiger charge is 2.32. The van der Waals surface area contributed by atoms with Crippen molar-refractivity contribution in [2.45, 2.75) is 32.6 Å². The van der Waals surface area contributed by atoms with Crippen LogP contribution in [-0.2, 0) is 24.1 Å². The molecule has 130 valence electrons. The number of carboxylic acid groups (broad SMARTS) is 1. The summed E-state index contributed by atoms with van der Waals surface area (Å²) < 4.78 is 0. The van der Waals surface area contributed by atoms with Crippen LogP contribution in [0.4, 0.5) is 0 Å². The molecule has 0 atom stereocenters. The van der Waals surface area contributed by atoms with E-state index in [1.807, 2.05) is 0 Å². The van der Waals surface area contributed by atoms with Gasteiger partial charge in [0.15, 0.2) is 0 Å². The second-order valence-electron chi connectivity index (χ2n) is 7.17. The molecule has 0 saturated carbocycles. The average Bonchev–Trinajstić information content (AvgIpc) is 2.95. The van der Waals surface area contributed by atoms with Gasteiger partial charge in [-0.05, 0) is 47.4 Å². The highest BCUT2D eigenvalue weighted by molar-refractivity contribution is 5.89. The summed E-state index contributed by atoms with van der Waals surface area (Å²) in [6.07, 6.45) is 2.69. The van der Waals surface area contributed by atoms with Crippen molar-refractivity contribution in [3.05, 3.63) is 70.8 Å². The van der Waals surface area contributed by atoms with E-state index in [0.717, 1.165) is 12.8 Å². The molecule has 1 amide bonds. The zero-order valence-electron chi connectivity index (χ0n) is 14.4. The van der Waals surface area contributed by atoms with Gasteiger partial charge in [0.25, 0.3) is 0 Å². The van der Waals surface area contributed by atoms with Crippen molar-refractivity contribution < 1.29 is 14.7 Å². The molecule has 4 nitrogen and oxygen atoms in total. The Labute approximate surface area is 147 Å². The Morgan fingerprint density at radius 2 is 1.64 bits per heavy atom. The molecule has 1 aliphatic rings. The SMILES string of the molecule is CC1(CNC(=O)CCc2ccccc2C(=O)O)Cc2ccccc2C1. The molecule has 0 unspecified atom stereocenters. The first-order chi connectivity index (χ1) is 12.0. The van der Waals surface area contributed by atoms with Crippen molar-refractivity contribution in [3.63, 3.8) is 0 Å². The molecule has 0 saturated heterocycles. The van der Waals surface area contributed by atoms with Gasteiger partial charge in [-0.2, -0.15) is 0 Å². The predicted molar refractivity (Wildman–Crippen MR) is 96.7 cm³/mol. The molecule has 3 rings (SSSR count). The van der Waals surface area contributed by atoms with E-state index in [2.05, 4.69) is 36.5 Å². The first-order valence-electron chi connectivity index (χ1n) is 8.61. The fraction of sp³-hybridized carbons (Fsp3) is 0.333. The summed E-state index contributed by atoms with van der Waals surface area (Å²) in [6, 6.07) is 15.3. The van der Waals surface area contributed by atoms with Crippen LogP contribution in [0.5, 0.6) is 0 Å². The standard InChI is InChI=1S/C21H23NO3/c1-21(12-16-7-2-3-8-17(16)13-21)14-22-19(23)11-10-15-6-4-5-9-18(15)20(24)25/h2-9H,10-14H2,1H3,(H,22,23)(H,24,25). The Kier molecular flexibility index (Phi) is 4.88. The summed E-state index contributed by atoms with van der Waals surface area (Å²) in [5.41, 5.74) is 3.76. The summed E-state index contributed by atoms with van der Waals surface area (Å²) in [5, 5.41) is 12.2. The predicted octanol–water partition coefficient (Wildman–Crippen LogP) is 3.24. The largest absolute Gasteiger partial charge is 0.478 e. The number of carbonyl (C=O) groups is 2. The molecule has 0 heterocycles. The number of fused-ring (bicyclic) bond motifs is 1. The number of aryl methyl sites for hydroxylation is 1. The van der Waals surface area contributed by atoms with E-state index in [0.29, 0.717) is 24.9 Å². The van der Waals surface area contributed by atoms with E-state index in [1.165, 1.54) is 11.1 Å². The smallest absolute Gasteiger partial charge is 0.335 e. The fourth-order valence-electron chi connectivity index (χ4n) is 3.60. The molecule has 1 aliphatic carbocycles. The Morgan fingerprint density at radius 3 is 2.28 bits per heavy atom. The quantitative estimate of drug-likeness (QED) is 0.850. The highest BCUT2D eigenvalue weighted by atomic mass is 16.4. The third-order valence-electron chi connectivity index (χ3n) is 4.93. The Hall–Kier alpha value is -2.62. The van der Waals surface area contributed by atoms with E-state index in [-0.39, 0.29) is 16.9 Å². The first kappa shape index (κ1) is 17.2. The zero-order valence-corrected chi connectivity index (χ0v) is 14.4. The topological polar surface area (TPSA) is 66.4 Å². The van der Waals surface area contributed by atoms with Gasteiger partial charge in [0.1, 0.15) is 0 Å². The molecule has 0 fully saturated rings. The Morgan fingerprint density at radius 1 is 1.04 bits per heavy atom. The average molecular weight is 337 g/mol. The number of carboxylic acids is 1. The maximum atomic E-state index is 12.2. The summed E-state index contributed by atoms with van der Waals surface area (Å²) in [5.74, 6) is -0.982. The number of carbonyl (C=O) groups excluding carboxylic acids is 1. The van der Waals surface area contributed by atoms with Gasteiger partial charge in [0, 0.05) is 13.0 Å². The van der Waals surface area contributed by atoms with Gasteiger partial charge in [0.2, 0.25) is 5.91 Å². The lowest BCUT2D eigenvalue weighted by Crippen LogP contribution is -2.36. The van der Waals surface area contributed by atoms with Crippen LogP contribution in [0.25, 0.3) is 0 Å². The summed E-state index contributed by atoms with van der Waals surface area (Å²) in [7, 11) is 0. The summed E-state index contributed by atoms with van der Waals surface area (Å²) in [4.78, 5) is 23.4. The molecule has 2 N–H and O–H groups in total. The molecule has 2 aromatic rings. The van der Waals surface area contributed by atoms with Crippen molar-refractivity contribution in [1.29, 1.82) is 0 Å². The van der Waals surface area contributed by atoms with Gasteiger partial charge in [-0.1, -0.05) is 49.4 Å². The zero-order chi connectivity index (χ0) is 17.9. The molecule has 0 radical (unpaired) electrons. The maximum Gasteiger partial charge on any atom is 0.335 e. The minimum atomic E-state index is -0.952. The molecule has 0 spiro atoms. The highest BCUT2D eigenvalue weighted by Crippen LogP contribution is 2.35. The molecule has 25 heavy (non-hydrogen) atoms. The van der Waals surface area contributed by atoms with Gasteiger partial charge in [-0.15, -0.1) is 0 Å². The molecule has 0 aromatic heterocycles. The third kappa shape index (κ3) is 4.08. The Bertz CT molecular complexity index is 772. The number of amides is 1. The van der Waals surface area contributed by atoms with Gasteiger partial charge in [0.05, 0.1) is 5.56 Å². The van der Waals surface area contributed by atoms with Gasteiger partial charge >= 0.3 is 5.97 Å². The van der Waals surface area contributed by atoms with Crippen molar-refractivity contribution in [2.24, 2.45) is 5.41 Å². The van der Waals surface area contributed by atoms with E-state index < -0.39 is 5.97 Å². The number of aromatic carboxylic acids is 1. The van der Waals surface area contributed by atoms with Crippen LogP contribution >= 0.6 is 0 Å². The summed E-state index contributed by atoms with van der Waals surface area (Å²) in [6.45, 7) is 2.84. The van der Waals surface area contributed by atoms with Crippen molar-refractivity contribution in [1.82, 2.24) is 5.32 Å². The first-order valence-corrected chi connectivity index (χ1v) is 8.61. The third-order valence-corrected chi connectivity index (χ3v) is 4.93. The summed E-state index contributed by atoms with van der Waals surface area (Å²) >= 11 is 0. The minimum absolute atomic E-state index is 0.0302. The van der Waals surface area contributed by atoms with Gasteiger partial charge in [-0.25, -0.2) is 4.79 Å². The lowest BCUT2D eigenvalue weighted by molar-refractivity contribution is -0.121. The van der Waals surface area contributed by atoms with E-state index in [4.69, 9.17) is 0 Å². The van der Waals surface area contributed by atoms with E-state index in [1.54, 1.807) is 24.3 Å². The fourth-order valence-corrected chi connectivity index (χ4v) is 3.60. The van der Waals surface area contributed by atoms with Gasteiger partial charge < -0.3 is 10.4 Å². The van der Waals surface area contributed by atoms with Crippen molar-refractivity contribution in [3.8, 4) is 0 Å².